The number of hydrogen-bond donors (Lipinski definition) is 1. The van der Waals surface area contributed by atoms with Crippen molar-refractivity contribution in [2.45, 2.75) is 12.5 Å². The fraction of sp³-hybridized carbons (Fsp3) is 0.182. The van der Waals surface area contributed by atoms with E-state index in [0.717, 1.165) is 15.0 Å². The van der Waals surface area contributed by atoms with Crippen molar-refractivity contribution >= 4 is 38.9 Å². The highest BCUT2D eigenvalue weighted by Crippen LogP contribution is 2.27. The summed E-state index contributed by atoms with van der Waals surface area (Å²) < 4.78 is 0.935. The van der Waals surface area contributed by atoms with Crippen molar-refractivity contribution < 1.29 is 5.11 Å². The third-order valence-corrected chi connectivity index (χ3v) is 3.96. The zero-order valence-electron chi connectivity index (χ0n) is 8.23. The molecule has 5 heteroatoms. The Morgan fingerprint density at radius 1 is 1.50 bits per heavy atom. The summed E-state index contributed by atoms with van der Waals surface area (Å²) >= 11 is 10.6. The van der Waals surface area contributed by atoms with Gasteiger partial charge in [0.2, 0.25) is 0 Å². The Kier molecular flexibility index (Phi) is 3.97. The third kappa shape index (κ3) is 3.04. The standard InChI is InChI=1S/C11H9BrClNOS/c12-7-1-2-9(14-5-7)4-10(15)11-3-8(13)6-16-11/h1-3,5-6,10,15H,4H2. The minimum atomic E-state index is -0.536. The molecule has 2 heterocycles. The molecular weight excluding hydrogens is 310 g/mol. The van der Waals surface area contributed by atoms with Crippen molar-refractivity contribution in [1.82, 2.24) is 4.98 Å². The molecule has 0 radical (unpaired) electrons. The molecule has 0 spiro atoms. The van der Waals surface area contributed by atoms with Crippen LogP contribution in [-0.4, -0.2) is 10.1 Å². The normalized spacial score (nSPS) is 12.7. The molecule has 0 aromatic carbocycles. The number of nitrogens with zero attached hydrogens (tertiary/aromatic N) is 1. The number of rotatable bonds is 3. The fourth-order valence-corrected chi connectivity index (χ4v) is 2.63. The van der Waals surface area contributed by atoms with E-state index in [1.54, 1.807) is 12.3 Å². The van der Waals surface area contributed by atoms with Gasteiger partial charge in [0.25, 0.3) is 0 Å². The maximum Gasteiger partial charge on any atom is 0.0937 e. The molecule has 0 aliphatic rings. The minimum Gasteiger partial charge on any atom is -0.387 e. The first kappa shape index (κ1) is 12.0. The van der Waals surface area contributed by atoms with Crippen LogP contribution in [0.3, 0.4) is 0 Å². The van der Waals surface area contributed by atoms with E-state index in [4.69, 9.17) is 11.6 Å². The quantitative estimate of drug-likeness (QED) is 0.933. The van der Waals surface area contributed by atoms with Gasteiger partial charge in [-0.2, -0.15) is 0 Å². The van der Waals surface area contributed by atoms with Crippen LogP contribution >= 0.6 is 38.9 Å². The summed E-state index contributed by atoms with van der Waals surface area (Å²) in [6.45, 7) is 0. The van der Waals surface area contributed by atoms with Crippen LogP contribution < -0.4 is 0 Å². The van der Waals surface area contributed by atoms with Crippen LogP contribution in [0.1, 0.15) is 16.7 Å². The molecule has 0 aliphatic heterocycles. The van der Waals surface area contributed by atoms with E-state index in [0.29, 0.717) is 11.4 Å². The van der Waals surface area contributed by atoms with E-state index in [9.17, 15) is 5.11 Å². The maximum absolute atomic E-state index is 9.96. The number of pyridine rings is 1. The zero-order valence-corrected chi connectivity index (χ0v) is 11.4. The van der Waals surface area contributed by atoms with Gasteiger partial charge < -0.3 is 5.11 Å². The third-order valence-electron chi connectivity index (χ3n) is 2.11. The van der Waals surface area contributed by atoms with Gasteiger partial charge in [0.15, 0.2) is 0 Å². The second kappa shape index (κ2) is 5.27. The highest BCUT2D eigenvalue weighted by Gasteiger charge is 2.11. The van der Waals surface area contributed by atoms with E-state index < -0.39 is 6.10 Å². The molecule has 2 aromatic rings. The largest absolute Gasteiger partial charge is 0.387 e. The van der Waals surface area contributed by atoms with Crippen molar-refractivity contribution in [2.24, 2.45) is 0 Å². The van der Waals surface area contributed by atoms with Gasteiger partial charge in [0.1, 0.15) is 0 Å². The summed E-state index contributed by atoms with van der Waals surface area (Å²) in [4.78, 5) is 5.09. The Bertz CT molecular complexity index is 471. The van der Waals surface area contributed by atoms with Gasteiger partial charge in [-0.1, -0.05) is 11.6 Å². The molecule has 0 aliphatic carbocycles. The first-order chi connectivity index (χ1) is 7.65. The molecule has 84 valence electrons. The van der Waals surface area contributed by atoms with Gasteiger partial charge in [-0.3, -0.25) is 4.98 Å². The van der Waals surface area contributed by atoms with E-state index in [-0.39, 0.29) is 0 Å². The van der Waals surface area contributed by atoms with Crippen LogP contribution in [0.15, 0.2) is 34.2 Å². The van der Waals surface area contributed by atoms with Crippen molar-refractivity contribution in [3.05, 3.63) is 49.8 Å². The van der Waals surface area contributed by atoms with Gasteiger partial charge in [-0.05, 0) is 34.1 Å². The highest BCUT2D eigenvalue weighted by atomic mass is 79.9. The van der Waals surface area contributed by atoms with Crippen LogP contribution in [0, 0.1) is 0 Å². The number of hydrogen-bond acceptors (Lipinski definition) is 3. The molecule has 2 nitrogen and oxygen atoms in total. The SMILES string of the molecule is OC(Cc1ccc(Br)cn1)c1cc(Cl)cs1. The number of aliphatic hydroxyl groups is 1. The lowest BCUT2D eigenvalue weighted by molar-refractivity contribution is 0.181. The van der Waals surface area contributed by atoms with E-state index in [1.807, 2.05) is 17.5 Å². The number of halogens is 2. The number of aliphatic hydroxyl groups excluding tert-OH is 1. The van der Waals surface area contributed by atoms with Crippen LogP contribution in [0.5, 0.6) is 0 Å². The van der Waals surface area contributed by atoms with E-state index >= 15 is 0 Å². The average Bonchev–Trinajstić information content (AvgIpc) is 2.68. The van der Waals surface area contributed by atoms with Gasteiger partial charge in [0.05, 0.1) is 11.1 Å². The first-order valence-corrected chi connectivity index (χ1v) is 6.72. The fourth-order valence-electron chi connectivity index (χ4n) is 1.33. The van der Waals surface area contributed by atoms with Crippen molar-refractivity contribution in [1.29, 1.82) is 0 Å². The molecular formula is C11H9BrClNOS. The molecule has 1 unspecified atom stereocenters. The Labute approximate surface area is 111 Å². The predicted molar refractivity (Wildman–Crippen MR) is 69.9 cm³/mol. The van der Waals surface area contributed by atoms with E-state index in [2.05, 4.69) is 20.9 Å². The molecule has 0 saturated carbocycles. The molecule has 0 fully saturated rings. The molecule has 1 N–H and O–H groups in total. The van der Waals surface area contributed by atoms with Crippen LogP contribution in [-0.2, 0) is 6.42 Å². The van der Waals surface area contributed by atoms with Crippen LogP contribution in [0.4, 0.5) is 0 Å². The summed E-state index contributed by atoms with van der Waals surface area (Å²) in [5, 5.41) is 12.4. The lowest BCUT2D eigenvalue weighted by atomic mass is 10.1. The van der Waals surface area contributed by atoms with Crippen LogP contribution in [0.2, 0.25) is 5.02 Å². The molecule has 0 bridgehead atoms. The maximum atomic E-state index is 9.96. The lowest BCUT2D eigenvalue weighted by Gasteiger charge is -2.07. The minimum absolute atomic E-state index is 0.504. The summed E-state index contributed by atoms with van der Waals surface area (Å²) in [6.07, 6.45) is 1.69. The Balaban J connectivity index is 2.07. The molecule has 2 aromatic heterocycles. The lowest BCUT2D eigenvalue weighted by Crippen LogP contribution is -2.01. The average molecular weight is 319 g/mol. The second-order valence-corrected chi connectivity index (χ2v) is 5.65. The summed E-state index contributed by atoms with van der Waals surface area (Å²) in [5.41, 5.74) is 0.861. The molecule has 16 heavy (non-hydrogen) atoms. The molecule has 0 saturated heterocycles. The van der Waals surface area contributed by atoms with Gasteiger partial charge >= 0.3 is 0 Å². The first-order valence-electron chi connectivity index (χ1n) is 4.67. The smallest absolute Gasteiger partial charge is 0.0937 e. The topological polar surface area (TPSA) is 33.1 Å². The van der Waals surface area contributed by atoms with Gasteiger partial charge in [-0.25, -0.2) is 0 Å². The number of aromatic nitrogens is 1. The summed E-state index contributed by atoms with van der Waals surface area (Å²) in [6, 6.07) is 5.59. The second-order valence-electron chi connectivity index (χ2n) is 3.35. The van der Waals surface area contributed by atoms with Crippen molar-refractivity contribution in [2.75, 3.05) is 0 Å². The summed E-state index contributed by atoms with van der Waals surface area (Å²) in [7, 11) is 0. The predicted octanol–water partition coefficient (Wildman–Crippen LogP) is 3.84. The molecule has 0 amide bonds. The van der Waals surface area contributed by atoms with Gasteiger partial charge in [0, 0.05) is 33.0 Å². The zero-order chi connectivity index (χ0) is 11.5. The van der Waals surface area contributed by atoms with Crippen molar-refractivity contribution in [3.63, 3.8) is 0 Å². The summed E-state index contributed by atoms with van der Waals surface area (Å²) in [5.74, 6) is 0. The molecule has 1 atom stereocenters. The Morgan fingerprint density at radius 2 is 2.31 bits per heavy atom. The van der Waals surface area contributed by atoms with Crippen molar-refractivity contribution in [3.8, 4) is 0 Å². The molecule has 2 rings (SSSR count). The Hall–Kier alpha value is -0.420. The Morgan fingerprint density at radius 3 is 2.88 bits per heavy atom. The monoisotopic (exact) mass is 317 g/mol. The number of thiophene rings is 1. The van der Waals surface area contributed by atoms with Crippen LogP contribution in [0.25, 0.3) is 0 Å². The highest BCUT2D eigenvalue weighted by molar-refractivity contribution is 9.10. The van der Waals surface area contributed by atoms with Gasteiger partial charge in [-0.15, -0.1) is 11.3 Å². The van der Waals surface area contributed by atoms with E-state index in [1.165, 1.54) is 11.3 Å².